The number of nitrogens with two attached hydrogens (primary N) is 2. The number of thiol groups is 6. The molecule has 20 N–H and O–H groups in total. The number of amides is 12. The number of hydrogen-bond acceptors (Lipinski definition) is 29. The molecule has 14 atom stereocenters. The molecule has 5 unspecified atom stereocenters. The molecule has 0 aromatic heterocycles. The third-order valence-corrected chi connectivity index (χ3v) is 17.8. The molecule has 0 saturated carbocycles. The van der Waals surface area contributed by atoms with E-state index >= 15 is 0 Å². The average Bonchev–Trinajstić information content (AvgIpc) is 1.57. The van der Waals surface area contributed by atoms with Gasteiger partial charge in [0.05, 0.1) is 31.7 Å². The Bertz CT molecular complexity index is 3350. The first-order valence-electron chi connectivity index (χ1n) is 32.4. The smallest absolute Gasteiger partial charge is 0.323 e. The summed E-state index contributed by atoms with van der Waals surface area (Å²) in [5.74, 6) is -14.1. The number of rotatable bonds is 46. The van der Waals surface area contributed by atoms with Gasteiger partial charge >= 0.3 is 11.9 Å². The second kappa shape index (κ2) is 46.0. The van der Waals surface area contributed by atoms with Crippen molar-refractivity contribution in [1.82, 2.24) is 68.8 Å². The van der Waals surface area contributed by atoms with Gasteiger partial charge in [0, 0.05) is 53.9 Å². The first kappa shape index (κ1) is 90.1. The molecule has 104 heavy (non-hydrogen) atoms. The van der Waals surface area contributed by atoms with Crippen LogP contribution in [0, 0.1) is 0 Å². The number of aliphatic hydroxyl groups is 1. The molecular formula is C62H91N15O21S6. The highest BCUT2D eigenvalue weighted by Crippen LogP contribution is 2.20. The van der Waals surface area contributed by atoms with Crippen molar-refractivity contribution in [2.45, 2.75) is 157 Å². The highest BCUT2D eigenvalue weighted by Gasteiger charge is 2.41. The third kappa shape index (κ3) is 29.4. The number of aromatic hydroxyl groups is 2. The van der Waals surface area contributed by atoms with E-state index in [-0.39, 0.29) is 61.2 Å². The van der Waals surface area contributed by atoms with Gasteiger partial charge in [0.1, 0.15) is 84.0 Å². The summed E-state index contributed by atoms with van der Waals surface area (Å²) < 4.78 is 5.33. The molecule has 1 aliphatic heterocycles. The number of phenolic OH excluding ortho intramolecular Hbond substituents is 2. The van der Waals surface area contributed by atoms with Crippen LogP contribution in [0.5, 0.6) is 11.5 Å². The van der Waals surface area contributed by atoms with Crippen LogP contribution in [-0.2, 0) is 94.3 Å². The van der Waals surface area contributed by atoms with Crippen molar-refractivity contribution in [1.29, 1.82) is 0 Å². The minimum absolute atomic E-state index is 0.00859. The van der Waals surface area contributed by atoms with Gasteiger partial charge in [0.2, 0.25) is 82.5 Å². The first-order chi connectivity index (χ1) is 49.2. The van der Waals surface area contributed by atoms with Crippen LogP contribution in [0.3, 0.4) is 0 Å². The predicted octanol–water partition coefficient (Wildman–Crippen LogP) is -6.68. The molecule has 0 aliphatic carbocycles. The van der Waals surface area contributed by atoms with E-state index in [1.54, 1.807) is 6.92 Å². The lowest BCUT2D eigenvalue weighted by molar-refractivity contribution is -0.147. The average molecular weight is 1570 g/mol. The molecule has 0 bridgehead atoms. The number of ether oxygens (including phenoxy) is 1. The standard InChI is InChI=1S/C62H91N15O21S6/c1-4-18-98-62(97)38(20-32-9-13-34(80)14-10-32)67-39(23-99)50(85)51(86)40(24-100)71-53(88)35(15-16-48(83)84)68-54(89)36(19-31-7-11-33(79)12-8-31)69-57(92)42(26-102)73-58(93)43(27-103)72-55(90)37(21-46(63)81)70-59(94)45-6-5-17-77(45)61(96)29(2)66-56(91)41(25-101)74-60(95)49(30(3)78)75-47(82)22-65-52(87)44(28-104)76-64/h7-14,29-30,35-45,49,67,76,78-80,99-104H,4-6,15-28,64H2,1-3H3,(H2,63,81)(H,65,87)(H,66,91)(H,68,89)(H,69,92)(H,70,94)(H,71,88)(H,72,90)(H,73,93)(H,74,95)(H,75,82)(H,83,84)/t29?,30-,35?,36+,37?,38?,39+,40+,41+,42?,43+,44+,45+,49+/m1/s1. The summed E-state index contributed by atoms with van der Waals surface area (Å²) in [6.07, 6.45) is -3.55. The number of carbonyl (C=O) groups excluding carboxylic acids is 15. The molecule has 2 aromatic carbocycles. The number of hydrazine groups is 1. The van der Waals surface area contributed by atoms with E-state index in [1.165, 1.54) is 62.4 Å². The van der Waals surface area contributed by atoms with Crippen LogP contribution >= 0.6 is 75.8 Å². The Morgan fingerprint density at radius 1 is 0.548 bits per heavy atom. The Morgan fingerprint density at radius 2 is 0.990 bits per heavy atom. The Balaban J connectivity index is 1.78. The zero-order chi connectivity index (χ0) is 78.1. The van der Waals surface area contributed by atoms with Crippen molar-refractivity contribution in [2.24, 2.45) is 11.6 Å². The van der Waals surface area contributed by atoms with Crippen LogP contribution in [0.1, 0.15) is 70.4 Å². The molecule has 1 fully saturated rings. The van der Waals surface area contributed by atoms with E-state index in [1.807, 2.05) is 0 Å². The Morgan fingerprint density at radius 3 is 1.47 bits per heavy atom. The molecule has 3 rings (SSSR count). The fraction of sp³-hybridized carbons (Fsp3) is 0.548. The third-order valence-electron chi connectivity index (χ3n) is 15.6. The van der Waals surface area contributed by atoms with E-state index in [4.69, 9.17) is 16.3 Å². The van der Waals surface area contributed by atoms with Gasteiger partial charge in [-0.05, 0) is 81.3 Å². The van der Waals surface area contributed by atoms with Crippen LogP contribution < -0.4 is 75.5 Å². The zero-order valence-corrected chi connectivity index (χ0v) is 62.1. The van der Waals surface area contributed by atoms with Crippen molar-refractivity contribution in [3.63, 3.8) is 0 Å². The van der Waals surface area contributed by atoms with Crippen LogP contribution in [0.25, 0.3) is 0 Å². The van der Waals surface area contributed by atoms with E-state index in [0.29, 0.717) is 17.5 Å². The molecule has 36 nitrogen and oxygen atoms in total. The number of primary amides is 1. The monoisotopic (exact) mass is 1570 g/mol. The number of aliphatic carboxylic acids is 1. The minimum atomic E-state index is -1.81. The maximum absolute atomic E-state index is 14.4. The van der Waals surface area contributed by atoms with Gasteiger partial charge in [-0.2, -0.15) is 75.8 Å². The quantitative estimate of drug-likeness (QED) is 0.00963. The number of carboxylic acids is 1. The lowest BCUT2D eigenvalue weighted by atomic mass is 10.0. The van der Waals surface area contributed by atoms with E-state index in [0.717, 1.165) is 4.90 Å². The Kier molecular flexibility index (Phi) is 39.8. The highest BCUT2D eigenvalue weighted by atomic mass is 32.1. The van der Waals surface area contributed by atoms with Gasteiger partial charge in [-0.3, -0.25) is 87.9 Å². The summed E-state index contributed by atoms with van der Waals surface area (Å²) in [5, 5.41) is 66.1. The highest BCUT2D eigenvalue weighted by molar-refractivity contribution is 7.81. The number of carbonyl (C=O) groups is 16. The van der Waals surface area contributed by atoms with Gasteiger partial charge in [-0.25, -0.2) is 5.43 Å². The fourth-order valence-corrected chi connectivity index (χ4v) is 11.5. The van der Waals surface area contributed by atoms with E-state index in [2.05, 4.69) is 140 Å². The van der Waals surface area contributed by atoms with Gasteiger partial charge in [0.25, 0.3) is 0 Å². The number of likely N-dealkylation sites (tertiary alicyclic amines) is 1. The van der Waals surface area contributed by atoms with Crippen LogP contribution in [0.4, 0.5) is 0 Å². The van der Waals surface area contributed by atoms with Crippen LogP contribution in [0.15, 0.2) is 48.5 Å². The lowest BCUT2D eigenvalue weighted by Crippen LogP contribution is -2.61. The number of ketones is 2. The Labute approximate surface area is 631 Å². The second-order valence-corrected chi connectivity index (χ2v) is 25.9. The first-order valence-corrected chi connectivity index (χ1v) is 36.2. The number of esters is 1. The molecule has 0 spiro atoms. The second-order valence-electron chi connectivity index (χ2n) is 23.7. The van der Waals surface area contributed by atoms with Crippen LogP contribution in [-0.4, -0.2) is 259 Å². The number of carboxylic acid groups (broad SMARTS) is 1. The molecular weight excluding hydrogens is 1480 g/mol. The largest absolute Gasteiger partial charge is 0.508 e. The SMILES string of the molecule is CCCOC(=O)C(Cc1ccc(O)cc1)N[C@@H](CS)C(=O)C(=O)[C@H](CS)NC(=O)C(CCC(=O)O)NC(=O)[C@H](Cc1ccc(O)cc1)NC(=O)C(CS)NC(=O)[C@H](CS)NC(=O)C(CC(N)=O)NC(=O)[C@@H]1CCCN1C(=O)C(C)NC(=O)[C@H](CS)NC(=O)[C@@H](NC(=O)CNC(=O)[C@H](CS)NN)[C@@H](C)O. The number of phenols is 2. The summed E-state index contributed by atoms with van der Waals surface area (Å²) in [4.78, 5) is 216. The number of aliphatic hydroxyl groups excluding tert-OH is 1. The van der Waals surface area contributed by atoms with Crippen LogP contribution in [0.2, 0.25) is 0 Å². The number of nitrogens with zero attached hydrogens (tertiary/aromatic N) is 1. The zero-order valence-electron chi connectivity index (χ0n) is 56.7. The molecule has 0 radical (unpaired) electrons. The van der Waals surface area contributed by atoms with Gasteiger partial charge in [0.15, 0.2) is 0 Å². The predicted molar refractivity (Wildman–Crippen MR) is 393 cm³/mol. The van der Waals surface area contributed by atoms with Crippen molar-refractivity contribution in [2.75, 3.05) is 54.2 Å². The van der Waals surface area contributed by atoms with Gasteiger partial charge in [-0.15, -0.1) is 0 Å². The molecule has 1 aliphatic rings. The summed E-state index contributed by atoms with van der Waals surface area (Å²) in [7, 11) is 0. The maximum atomic E-state index is 14.4. The topological polar surface area (TPSA) is 563 Å². The summed E-state index contributed by atoms with van der Waals surface area (Å²) in [5.41, 5.74) is 8.51. The van der Waals surface area contributed by atoms with E-state index < -0.39 is 229 Å². The summed E-state index contributed by atoms with van der Waals surface area (Å²) in [6, 6.07) is -8.76. The number of benzene rings is 2. The fourth-order valence-electron chi connectivity index (χ4n) is 9.93. The maximum Gasteiger partial charge on any atom is 0.323 e. The summed E-state index contributed by atoms with van der Waals surface area (Å²) in [6.45, 7) is 3.53. The molecule has 576 valence electrons. The number of nitrogens with one attached hydrogen (secondary N) is 12. The number of Topliss-reactive ketones (excluding diaryl/α,β-unsaturated/α-hetero) is 2. The van der Waals surface area contributed by atoms with E-state index in [9.17, 15) is 97.1 Å². The number of hydrogen-bond donors (Lipinski definition) is 24. The van der Waals surface area contributed by atoms with Crippen molar-refractivity contribution in [3.05, 3.63) is 59.7 Å². The van der Waals surface area contributed by atoms with Gasteiger partial charge < -0.3 is 89.0 Å². The lowest BCUT2D eigenvalue weighted by Gasteiger charge is -2.29. The van der Waals surface area contributed by atoms with Crippen molar-refractivity contribution in [3.8, 4) is 11.5 Å². The molecule has 12 amide bonds. The van der Waals surface area contributed by atoms with Gasteiger partial charge in [-0.1, -0.05) is 31.2 Å². The normalized spacial score (nSPS) is 16.3. The molecule has 1 saturated heterocycles. The molecule has 42 heteroatoms. The molecule has 1 heterocycles. The minimum Gasteiger partial charge on any atom is -0.508 e. The Hall–Kier alpha value is -8.10. The molecule has 2 aromatic rings. The van der Waals surface area contributed by atoms with Crippen molar-refractivity contribution < 1.29 is 102 Å². The summed E-state index contributed by atoms with van der Waals surface area (Å²) >= 11 is 24.9. The van der Waals surface area contributed by atoms with Crippen molar-refractivity contribution >= 4 is 170 Å².